The predicted octanol–water partition coefficient (Wildman–Crippen LogP) is 2.74. The van der Waals surface area contributed by atoms with Crippen molar-refractivity contribution in [3.05, 3.63) is 28.2 Å². The Morgan fingerprint density at radius 3 is 2.39 bits per heavy atom. The van der Waals surface area contributed by atoms with E-state index < -0.39 is 5.60 Å². The van der Waals surface area contributed by atoms with E-state index in [0.717, 1.165) is 15.8 Å². The van der Waals surface area contributed by atoms with Gasteiger partial charge in [-0.25, -0.2) is 0 Å². The van der Waals surface area contributed by atoms with Crippen LogP contribution < -0.4 is 10.5 Å². The number of hydrogen-bond donors (Lipinski definition) is 2. The molecule has 18 heavy (non-hydrogen) atoms. The van der Waals surface area contributed by atoms with Crippen LogP contribution in [0.15, 0.2) is 22.7 Å². The summed E-state index contributed by atoms with van der Waals surface area (Å²) in [5, 5.41) is 10.7. The average Bonchev–Trinajstić information content (AvgIpc) is 2.27. The Hall–Kier alpha value is -0.580. The van der Waals surface area contributed by atoms with Gasteiger partial charge in [-0.2, -0.15) is 0 Å². The summed E-state index contributed by atoms with van der Waals surface area (Å²) in [6, 6.07) is 5.77. The summed E-state index contributed by atoms with van der Waals surface area (Å²) >= 11 is 3.44. The molecule has 0 spiro atoms. The summed E-state index contributed by atoms with van der Waals surface area (Å²) in [7, 11) is 1.63. The summed E-state index contributed by atoms with van der Waals surface area (Å²) in [4.78, 5) is 0. The molecule has 3 N–H and O–H groups in total. The molecule has 0 aromatic heterocycles. The number of rotatable bonds is 4. The molecule has 0 amide bonds. The maximum atomic E-state index is 10.7. The van der Waals surface area contributed by atoms with Gasteiger partial charge in [0.25, 0.3) is 0 Å². The summed E-state index contributed by atoms with van der Waals surface area (Å²) in [6.07, 6.45) is 0.468. The van der Waals surface area contributed by atoms with Gasteiger partial charge in [-0.3, -0.25) is 0 Å². The van der Waals surface area contributed by atoms with Crippen LogP contribution in [-0.2, 0) is 6.42 Å². The van der Waals surface area contributed by atoms with Gasteiger partial charge in [0.2, 0.25) is 0 Å². The third-order valence-electron chi connectivity index (χ3n) is 3.46. The minimum Gasteiger partial charge on any atom is -0.496 e. The molecule has 0 saturated heterocycles. The van der Waals surface area contributed by atoms with Gasteiger partial charge in [0.05, 0.1) is 12.7 Å². The quantitative estimate of drug-likeness (QED) is 0.898. The maximum absolute atomic E-state index is 10.7. The SMILES string of the molecule is COc1ccc(Br)cc1CC(O)(CN)C(C)(C)C. The summed E-state index contributed by atoms with van der Waals surface area (Å²) in [6.45, 7) is 6.19. The highest BCUT2D eigenvalue weighted by Gasteiger charge is 2.39. The second-order valence-electron chi connectivity index (χ2n) is 5.62. The van der Waals surface area contributed by atoms with Crippen LogP contribution >= 0.6 is 15.9 Å². The van der Waals surface area contributed by atoms with Crippen molar-refractivity contribution in [3.8, 4) is 5.75 Å². The molecule has 0 aliphatic heterocycles. The molecular weight excluding hydrogens is 294 g/mol. The van der Waals surface area contributed by atoms with Crippen LogP contribution in [-0.4, -0.2) is 24.4 Å². The van der Waals surface area contributed by atoms with Crippen molar-refractivity contribution < 1.29 is 9.84 Å². The van der Waals surface area contributed by atoms with E-state index in [1.54, 1.807) is 7.11 Å². The number of halogens is 1. The van der Waals surface area contributed by atoms with Crippen molar-refractivity contribution in [2.75, 3.05) is 13.7 Å². The van der Waals surface area contributed by atoms with Crippen LogP contribution in [0.25, 0.3) is 0 Å². The number of benzene rings is 1. The first-order valence-electron chi connectivity index (χ1n) is 5.98. The van der Waals surface area contributed by atoms with Gasteiger partial charge in [-0.05, 0) is 29.2 Å². The molecule has 1 aromatic rings. The van der Waals surface area contributed by atoms with Crippen molar-refractivity contribution in [1.29, 1.82) is 0 Å². The summed E-state index contributed by atoms with van der Waals surface area (Å²) in [5.74, 6) is 0.773. The molecule has 0 aliphatic rings. The van der Waals surface area contributed by atoms with Crippen LogP contribution in [0.2, 0.25) is 0 Å². The van der Waals surface area contributed by atoms with Crippen molar-refractivity contribution >= 4 is 15.9 Å². The zero-order valence-electron chi connectivity index (χ0n) is 11.5. The van der Waals surface area contributed by atoms with E-state index in [-0.39, 0.29) is 12.0 Å². The summed E-state index contributed by atoms with van der Waals surface area (Å²) in [5.41, 5.74) is 5.47. The Balaban J connectivity index is 3.12. The van der Waals surface area contributed by atoms with Crippen molar-refractivity contribution in [2.45, 2.75) is 32.8 Å². The van der Waals surface area contributed by atoms with Crippen LogP contribution in [0.1, 0.15) is 26.3 Å². The second kappa shape index (κ2) is 5.59. The lowest BCUT2D eigenvalue weighted by Gasteiger charge is -2.39. The fraction of sp³-hybridized carbons (Fsp3) is 0.571. The molecule has 0 saturated carbocycles. The van der Waals surface area contributed by atoms with Gasteiger partial charge in [0.15, 0.2) is 0 Å². The molecule has 0 aliphatic carbocycles. The topological polar surface area (TPSA) is 55.5 Å². The number of nitrogens with two attached hydrogens (primary N) is 1. The molecule has 1 aromatic carbocycles. The first-order chi connectivity index (χ1) is 8.23. The molecule has 1 unspecified atom stereocenters. The fourth-order valence-corrected chi connectivity index (χ4v) is 2.25. The lowest BCUT2D eigenvalue weighted by Crippen LogP contribution is -2.50. The molecule has 102 valence electrons. The predicted molar refractivity (Wildman–Crippen MR) is 77.9 cm³/mol. The monoisotopic (exact) mass is 315 g/mol. The molecule has 0 heterocycles. The zero-order valence-corrected chi connectivity index (χ0v) is 13.0. The van der Waals surface area contributed by atoms with E-state index in [9.17, 15) is 5.11 Å². The molecule has 0 fully saturated rings. The van der Waals surface area contributed by atoms with E-state index in [1.807, 2.05) is 39.0 Å². The van der Waals surface area contributed by atoms with Gasteiger partial charge in [-0.1, -0.05) is 36.7 Å². The van der Waals surface area contributed by atoms with E-state index in [4.69, 9.17) is 10.5 Å². The number of methoxy groups -OCH3 is 1. The van der Waals surface area contributed by atoms with Gasteiger partial charge >= 0.3 is 0 Å². The first kappa shape index (κ1) is 15.5. The largest absolute Gasteiger partial charge is 0.496 e. The third kappa shape index (κ3) is 3.25. The van der Waals surface area contributed by atoms with Gasteiger partial charge < -0.3 is 15.6 Å². The molecule has 0 bridgehead atoms. The highest BCUT2D eigenvalue weighted by molar-refractivity contribution is 9.10. The Labute approximate surface area is 117 Å². The average molecular weight is 316 g/mol. The normalized spacial score (nSPS) is 15.3. The lowest BCUT2D eigenvalue weighted by molar-refractivity contribution is -0.0493. The van der Waals surface area contributed by atoms with Crippen LogP contribution in [0.3, 0.4) is 0 Å². The molecule has 3 nitrogen and oxygen atoms in total. The Morgan fingerprint density at radius 2 is 1.94 bits per heavy atom. The van der Waals surface area contributed by atoms with Gasteiger partial charge in [0, 0.05) is 17.4 Å². The third-order valence-corrected chi connectivity index (χ3v) is 3.95. The van der Waals surface area contributed by atoms with E-state index in [0.29, 0.717) is 6.42 Å². The molecule has 1 rings (SSSR count). The fourth-order valence-electron chi connectivity index (χ4n) is 1.84. The Bertz CT molecular complexity index is 415. The van der Waals surface area contributed by atoms with E-state index >= 15 is 0 Å². The zero-order chi connectivity index (χ0) is 14.0. The number of hydrogen-bond acceptors (Lipinski definition) is 3. The minimum absolute atomic E-state index is 0.214. The highest BCUT2D eigenvalue weighted by Crippen LogP contribution is 2.35. The second-order valence-corrected chi connectivity index (χ2v) is 6.53. The van der Waals surface area contributed by atoms with Crippen molar-refractivity contribution in [3.63, 3.8) is 0 Å². The highest BCUT2D eigenvalue weighted by atomic mass is 79.9. The number of ether oxygens (including phenoxy) is 1. The van der Waals surface area contributed by atoms with Gasteiger partial charge in [-0.15, -0.1) is 0 Å². The standard InChI is InChI=1S/C14H22BrNO2/c1-13(2,3)14(17,9-16)8-10-7-11(15)5-6-12(10)18-4/h5-7,17H,8-9,16H2,1-4H3. The van der Waals surface area contributed by atoms with Gasteiger partial charge in [0.1, 0.15) is 5.75 Å². The molecule has 0 radical (unpaired) electrons. The molecule has 1 atom stereocenters. The van der Waals surface area contributed by atoms with Crippen LogP contribution in [0.4, 0.5) is 0 Å². The van der Waals surface area contributed by atoms with E-state index in [2.05, 4.69) is 15.9 Å². The van der Waals surface area contributed by atoms with Crippen LogP contribution in [0, 0.1) is 5.41 Å². The van der Waals surface area contributed by atoms with Crippen molar-refractivity contribution in [2.24, 2.45) is 11.1 Å². The Kier molecular flexibility index (Phi) is 4.81. The number of aliphatic hydroxyl groups is 1. The lowest BCUT2D eigenvalue weighted by atomic mass is 9.73. The van der Waals surface area contributed by atoms with Crippen molar-refractivity contribution in [1.82, 2.24) is 0 Å². The first-order valence-corrected chi connectivity index (χ1v) is 6.77. The summed E-state index contributed by atoms with van der Waals surface area (Å²) < 4.78 is 6.30. The molecule has 4 heteroatoms. The Morgan fingerprint density at radius 1 is 1.33 bits per heavy atom. The van der Waals surface area contributed by atoms with E-state index in [1.165, 1.54) is 0 Å². The minimum atomic E-state index is -0.957. The molecular formula is C14H22BrNO2. The maximum Gasteiger partial charge on any atom is 0.122 e. The smallest absolute Gasteiger partial charge is 0.122 e. The van der Waals surface area contributed by atoms with Crippen LogP contribution in [0.5, 0.6) is 5.75 Å².